The van der Waals surface area contributed by atoms with Gasteiger partial charge in [-0.15, -0.1) is 5.10 Å². The van der Waals surface area contributed by atoms with Crippen LogP contribution in [-0.4, -0.2) is 88.5 Å². The van der Waals surface area contributed by atoms with Crippen molar-refractivity contribution in [3.8, 4) is 0 Å². The minimum atomic E-state index is -1.13. The van der Waals surface area contributed by atoms with Crippen LogP contribution in [0.2, 0.25) is 0 Å². The van der Waals surface area contributed by atoms with Crippen molar-refractivity contribution in [2.24, 2.45) is 0 Å². The van der Waals surface area contributed by atoms with E-state index in [0.29, 0.717) is 37.4 Å². The van der Waals surface area contributed by atoms with E-state index in [1.54, 1.807) is 27.9 Å². The lowest BCUT2D eigenvalue weighted by molar-refractivity contribution is 0.0315. The van der Waals surface area contributed by atoms with Gasteiger partial charge < -0.3 is 29.9 Å². The first-order valence-corrected chi connectivity index (χ1v) is 10.5. The molecule has 12 nitrogen and oxygen atoms in total. The van der Waals surface area contributed by atoms with E-state index in [-0.39, 0.29) is 19.2 Å². The van der Waals surface area contributed by atoms with Crippen molar-refractivity contribution in [1.82, 2.24) is 20.3 Å². The highest BCUT2D eigenvalue weighted by atomic mass is 19.1. The van der Waals surface area contributed by atoms with Gasteiger partial charge in [-0.1, -0.05) is 5.21 Å². The fraction of sp³-hybridized carbons (Fsp3) is 0.500. The topological polar surface area (TPSA) is 142 Å². The summed E-state index contributed by atoms with van der Waals surface area (Å²) >= 11 is 0. The number of halogens is 1. The molecule has 2 fully saturated rings. The number of benzene rings is 1. The summed E-state index contributed by atoms with van der Waals surface area (Å²) in [6.07, 6.45) is 0.967. The van der Waals surface area contributed by atoms with Crippen LogP contribution in [0.25, 0.3) is 0 Å². The maximum Gasteiger partial charge on any atom is 0.414 e. The summed E-state index contributed by atoms with van der Waals surface area (Å²) in [5, 5.41) is 28.2. The molecule has 2 amide bonds. The van der Waals surface area contributed by atoms with E-state index in [1.807, 2.05) is 0 Å². The lowest BCUT2D eigenvalue weighted by Crippen LogP contribution is -2.38. The smallest absolute Gasteiger partial charge is 0.414 e. The van der Waals surface area contributed by atoms with E-state index in [9.17, 15) is 19.1 Å². The van der Waals surface area contributed by atoms with Gasteiger partial charge in [0.2, 0.25) is 0 Å². The van der Waals surface area contributed by atoms with Crippen molar-refractivity contribution in [2.45, 2.75) is 31.2 Å². The lowest BCUT2D eigenvalue weighted by Gasteiger charge is -2.21. The number of aliphatic hydroxyl groups is 2. The lowest BCUT2D eigenvalue weighted by atomic mass is 10.2. The van der Waals surface area contributed by atoms with Gasteiger partial charge in [-0.05, 0) is 24.6 Å². The van der Waals surface area contributed by atoms with E-state index in [4.69, 9.17) is 14.6 Å². The molecule has 1 aromatic heterocycles. The molecular formula is C20H25FN6O6. The average Bonchev–Trinajstić information content (AvgIpc) is 3.54. The maximum atomic E-state index is 14.9. The van der Waals surface area contributed by atoms with Crippen LogP contribution >= 0.6 is 0 Å². The second kappa shape index (κ2) is 10.0. The van der Waals surface area contributed by atoms with Gasteiger partial charge in [-0.25, -0.2) is 18.7 Å². The van der Waals surface area contributed by atoms with Crippen molar-refractivity contribution in [2.75, 3.05) is 42.6 Å². The second-order valence-electron chi connectivity index (χ2n) is 7.89. The van der Waals surface area contributed by atoms with Gasteiger partial charge in [-0.3, -0.25) is 4.90 Å². The third-order valence-corrected chi connectivity index (χ3v) is 5.45. The number of nitrogens with one attached hydrogen (secondary N) is 1. The van der Waals surface area contributed by atoms with E-state index in [1.165, 1.54) is 17.2 Å². The molecule has 0 unspecified atom stereocenters. The Morgan fingerprint density at radius 1 is 1.39 bits per heavy atom. The maximum absolute atomic E-state index is 14.9. The number of hydrogen-bond acceptors (Lipinski definition) is 9. The predicted octanol–water partition coefficient (Wildman–Crippen LogP) is 0.101. The molecule has 4 rings (SSSR count). The van der Waals surface area contributed by atoms with Crippen LogP contribution in [-0.2, 0) is 16.0 Å². The number of aliphatic hydroxyl groups excluding tert-OH is 2. The summed E-state index contributed by atoms with van der Waals surface area (Å²) < 4.78 is 26.7. The molecule has 0 aliphatic carbocycles. The number of carbonyl (C=O) groups excluding carboxylic acids is 2. The molecule has 2 aliphatic rings. The normalized spacial score (nSPS) is 21.2. The van der Waals surface area contributed by atoms with Crippen molar-refractivity contribution < 1.29 is 33.7 Å². The van der Waals surface area contributed by atoms with Crippen LogP contribution in [0.5, 0.6) is 0 Å². The largest absolute Gasteiger partial charge is 0.447 e. The molecule has 3 N–H and O–H groups in total. The van der Waals surface area contributed by atoms with E-state index < -0.39 is 36.8 Å². The van der Waals surface area contributed by atoms with Crippen LogP contribution in [0.1, 0.15) is 6.42 Å². The first-order chi connectivity index (χ1) is 15.9. The molecule has 0 radical (unpaired) electrons. The molecule has 178 valence electrons. The first kappa shape index (κ1) is 22.7. The molecule has 2 aromatic rings. The summed E-state index contributed by atoms with van der Waals surface area (Å²) in [7, 11) is 0. The van der Waals surface area contributed by atoms with Crippen molar-refractivity contribution >= 4 is 23.6 Å². The number of cyclic esters (lactones) is 1. The number of carbonyl (C=O) groups is 2. The number of anilines is 2. The number of aromatic nitrogens is 3. The third kappa shape index (κ3) is 5.49. The molecule has 33 heavy (non-hydrogen) atoms. The molecule has 0 bridgehead atoms. The Morgan fingerprint density at radius 2 is 2.24 bits per heavy atom. The van der Waals surface area contributed by atoms with Crippen molar-refractivity contribution in [3.63, 3.8) is 0 Å². The summed E-state index contributed by atoms with van der Waals surface area (Å²) in [4.78, 5) is 27.2. The summed E-state index contributed by atoms with van der Waals surface area (Å²) in [6, 6.07) is 4.29. The zero-order valence-corrected chi connectivity index (χ0v) is 17.7. The van der Waals surface area contributed by atoms with Gasteiger partial charge in [-0.2, -0.15) is 0 Å². The van der Waals surface area contributed by atoms with Gasteiger partial charge in [0.25, 0.3) is 0 Å². The fourth-order valence-electron chi connectivity index (χ4n) is 3.82. The van der Waals surface area contributed by atoms with Crippen LogP contribution in [0, 0.1) is 5.82 Å². The Kier molecular flexibility index (Phi) is 6.89. The summed E-state index contributed by atoms with van der Waals surface area (Å²) in [5.41, 5.74) is 0.751. The van der Waals surface area contributed by atoms with Crippen molar-refractivity contribution in [3.05, 3.63) is 36.4 Å². The quantitative estimate of drug-likeness (QED) is 0.496. The van der Waals surface area contributed by atoms with E-state index >= 15 is 0 Å². The molecule has 0 saturated carbocycles. The van der Waals surface area contributed by atoms with Gasteiger partial charge in [0.05, 0.1) is 43.3 Å². The van der Waals surface area contributed by atoms with Gasteiger partial charge in [0.15, 0.2) is 0 Å². The number of ether oxygens (including phenoxy) is 2. The Bertz CT molecular complexity index is 976. The van der Waals surface area contributed by atoms with Gasteiger partial charge in [0, 0.05) is 19.3 Å². The highest BCUT2D eigenvalue weighted by Gasteiger charge is 2.34. The summed E-state index contributed by atoms with van der Waals surface area (Å²) in [5.74, 6) is -0.491. The number of nitrogens with zero attached hydrogens (tertiary/aromatic N) is 5. The van der Waals surface area contributed by atoms with E-state index in [0.717, 1.165) is 0 Å². The molecule has 0 spiro atoms. The minimum Gasteiger partial charge on any atom is -0.447 e. The third-order valence-electron chi connectivity index (χ3n) is 5.45. The highest BCUT2D eigenvalue weighted by molar-refractivity contribution is 5.90. The monoisotopic (exact) mass is 464 g/mol. The molecule has 3 atom stereocenters. The number of amides is 2. The SMILES string of the molecule is O=C(N[C@@H]1CCN(c2ccc(N3C[C@H](Cn4ccnn4)OC3=O)cc2F)C1)OC[C@H](O)CO. The Labute approximate surface area is 188 Å². The zero-order chi connectivity index (χ0) is 23.4. The van der Waals surface area contributed by atoms with Crippen LogP contribution in [0.4, 0.5) is 25.4 Å². The molecule has 2 aliphatic heterocycles. The highest BCUT2D eigenvalue weighted by Crippen LogP contribution is 2.30. The number of rotatable bonds is 8. The number of hydrogen-bond donors (Lipinski definition) is 3. The average molecular weight is 464 g/mol. The molecule has 2 saturated heterocycles. The summed E-state index contributed by atoms with van der Waals surface area (Å²) in [6.45, 7) is 0.698. The molecule has 13 heteroatoms. The van der Waals surface area contributed by atoms with Crippen LogP contribution < -0.4 is 15.1 Å². The molecular weight excluding hydrogens is 439 g/mol. The number of alkyl carbamates (subject to hydrolysis) is 1. The molecule has 1 aromatic carbocycles. The molecule has 3 heterocycles. The first-order valence-electron chi connectivity index (χ1n) is 10.5. The minimum absolute atomic E-state index is 0.256. The van der Waals surface area contributed by atoms with Crippen LogP contribution in [0.15, 0.2) is 30.6 Å². The zero-order valence-electron chi connectivity index (χ0n) is 17.7. The standard InChI is InChI=1S/C20H25FN6O6/c21-17-7-14(27-10-16(33-20(27)31)9-26-6-4-22-24-26)1-2-18(17)25-5-3-13(8-25)23-19(30)32-12-15(29)11-28/h1-2,4,6-7,13,15-16,28-29H,3,5,8-12H2,(H,23,30)/t13-,15-,16+/m1/s1. The van der Waals surface area contributed by atoms with E-state index in [2.05, 4.69) is 15.6 Å². The Hall–Kier alpha value is -3.45. The fourth-order valence-corrected chi connectivity index (χ4v) is 3.82. The Balaban J connectivity index is 1.32. The van der Waals surface area contributed by atoms with Gasteiger partial charge >= 0.3 is 12.2 Å². The second-order valence-corrected chi connectivity index (χ2v) is 7.89. The van der Waals surface area contributed by atoms with Gasteiger partial charge in [0.1, 0.15) is 24.6 Å². The van der Waals surface area contributed by atoms with Crippen LogP contribution in [0.3, 0.4) is 0 Å². The predicted molar refractivity (Wildman–Crippen MR) is 112 cm³/mol. The Morgan fingerprint density at radius 3 is 2.97 bits per heavy atom. The van der Waals surface area contributed by atoms with Crippen molar-refractivity contribution in [1.29, 1.82) is 0 Å².